The SMILES string of the molecule is CO[Si]12CCCOCC(CN(C)CCO1)O2. The first-order chi connectivity index (χ1) is 7.74. The van der Waals surface area contributed by atoms with E-state index in [0.29, 0.717) is 13.2 Å². The van der Waals surface area contributed by atoms with Gasteiger partial charge in [0.15, 0.2) is 0 Å². The van der Waals surface area contributed by atoms with Crippen molar-refractivity contribution in [3.05, 3.63) is 0 Å². The van der Waals surface area contributed by atoms with Crippen molar-refractivity contribution in [3.63, 3.8) is 0 Å². The first-order valence-electron chi connectivity index (χ1n) is 5.87. The zero-order valence-corrected chi connectivity index (χ0v) is 11.1. The molecule has 2 bridgehead atoms. The van der Waals surface area contributed by atoms with Crippen LogP contribution in [0.15, 0.2) is 0 Å². The summed E-state index contributed by atoms with van der Waals surface area (Å²) in [6, 6.07) is 0.865. The van der Waals surface area contributed by atoms with Crippen molar-refractivity contribution >= 4 is 8.80 Å². The van der Waals surface area contributed by atoms with E-state index in [0.717, 1.165) is 32.2 Å². The van der Waals surface area contributed by atoms with Gasteiger partial charge in [0.25, 0.3) is 0 Å². The maximum Gasteiger partial charge on any atom is 0.501 e. The van der Waals surface area contributed by atoms with Gasteiger partial charge in [0.1, 0.15) is 0 Å². The van der Waals surface area contributed by atoms with Crippen molar-refractivity contribution in [2.75, 3.05) is 47.1 Å². The van der Waals surface area contributed by atoms with Crippen molar-refractivity contribution in [2.24, 2.45) is 0 Å². The van der Waals surface area contributed by atoms with Gasteiger partial charge in [-0.3, -0.25) is 0 Å². The van der Waals surface area contributed by atoms with Crippen LogP contribution in [0.1, 0.15) is 6.42 Å². The number of hydrogen-bond acceptors (Lipinski definition) is 5. The van der Waals surface area contributed by atoms with E-state index in [1.807, 2.05) is 0 Å². The van der Waals surface area contributed by atoms with Gasteiger partial charge < -0.3 is 22.9 Å². The van der Waals surface area contributed by atoms with Gasteiger partial charge in [-0.2, -0.15) is 0 Å². The van der Waals surface area contributed by atoms with Gasteiger partial charge in [0, 0.05) is 32.9 Å². The van der Waals surface area contributed by atoms with E-state index in [1.165, 1.54) is 0 Å². The Morgan fingerprint density at radius 1 is 1.38 bits per heavy atom. The normalized spacial score (nSPS) is 38.2. The van der Waals surface area contributed by atoms with Gasteiger partial charge in [-0.25, -0.2) is 0 Å². The average molecular weight is 247 g/mol. The van der Waals surface area contributed by atoms with Gasteiger partial charge >= 0.3 is 8.80 Å². The third-order valence-electron chi connectivity index (χ3n) is 3.04. The Bertz CT molecular complexity index is 231. The second-order valence-electron chi connectivity index (χ2n) is 4.42. The van der Waals surface area contributed by atoms with E-state index in [2.05, 4.69) is 11.9 Å². The number of hydrogen-bond donors (Lipinski definition) is 0. The summed E-state index contributed by atoms with van der Waals surface area (Å²) in [7, 11) is 1.37. The summed E-state index contributed by atoms with van der Waals surface area (Å²) < 4.78 is 23.1. The molecule has 16 heavy (non-hydrogen) atoms. The van der Waals surface area contributed by atoms with Crippen LogP contribution >= 0.6 is 0 Å². The number of fused-ring (bicyclic) bond motifs is 2. The molecule has 6 heteroatoms. The maximum absolute atomic E-state index is 6.07. The van der Waals surface area contributed by atoms with Crippen LogP contribution in [0, 0.1) is 0 Å². The summed E-state index contributed by atoms with van der Waals surface area (Å²) in [6.45, 7) is 3.94. The van der Waals surface area contributed by atoms with Crippen molar-refractivity contribution in [2.45, 2.75) is 18.6 Å². The van der Waals surface area contributed by atoms with E-state index < -0.39 is 8.80 Å². The summed E-state index contributed by atoms with van der Waals surface area (Å²) in [5.41, 5.74) is 0. The monoisotopic (exact) mass is 247 g/mol. The fourth-order valence-corrected chi connectivity index (χ4v) is 4.53. The Balaban J connectivity index is 2.08. The van der Waals surface area contributed by atoms with Crippen molar-refractivity contribution in [1.29, 1.82) is 0 Å². The molecular weight excluding hydrogens is 226 g/mol. The van der Waals surface area contributed by atoms with Gasteiger partial charge in [0.2, 0.25) is 0 Å². The molecule has 2 saturated heterocycles. The van der Waals surface area contributed by atoms with Crippen LogP contribution in [0.3, 0.4) is 0 Å². The molecule has 0 saturated carbocycles. The molecule has 2 aliphatic heterocycles. The highest BCUT2D eigenvalue weighted by Crippen LogP contribution is 2.23. The second-order valence-corrected chi connectivity index (χ2v) is 7.21. The van der Waals surface area contributed by atoms with Crippen LogP contribution in [0.2, 0.25) is 6.04 Å². The van der Waals surface area contributed by atoms with Crippen LogP contribution in [0.25, 0.3) is 0 Å². The highest BCUT2D eigenvalue weighted by atomic mass is 28.4. The fraction of sp³-hybridized carbons (Fsp3) is 1.00. The lowest BCUT2D eigenvalue weighted by atomic mass is 10.3. The lowest BCUT2D eigenvalue weighted by Gasteiger charge is -2.38. The number of rotatable bonds is 1. The van der Waals surface area contributed by atoms with Gasteiger partial charge in [-0.15, -0.1) is 0 Å². The zero-order valence-electron chi connectivity index (χ0n) is 10.1. The molecule has 0 aromatic heterocycles. The van der Waals surface area contributed by atoms with E-state index in [9.17, 15) is 0 Å². The zero-order chi connectivity index (χ0) is 11.4. The molecule has 2 atom stereocenters. The highest BCUT2D eigenvalue weighted by Gasteiger charge is 2.44. The molecule has 0 N–H and O–H groups in total. The lowest BCUT2D eigenvalue weighted by molar-refractivity contribution is -0.0460. The quantitative estimate of drug-likeness (QED) is 0.625. The first kappa shape index (κ1) is 12.5. The minimum Gasteiger partial charge on any atom is -0.379 e. The summed E-state index contributed by atoms with van der Waals surface area (Å²) in [4.78, 5) is 2.21. The molecule has 5 nitrogen and oxygen atoms in total. The van der Waals surface area contributed by atoms with Gasteiger partial charge in [-0.1, -0.05) is 0 Å². The van der Waals surface area contributed by atoms with Crippen molar-refractivity contribution in [3.8, 4) is 0 Å². The Morgan fingerprint density at radius 3 is 3.06 bits per heavy atom. The molecule has 0 aromatic rings. The fourth-order valence-electron chi connectivity index (χ4n) is 2.15. The van der Waals surface area contributed by atoms with Crippen molar-refractivity contribution in [1.82, 2.24) is 4.90 Å². The van der Waals surface area contributed by atoms with E-state index in [-0.39, 0.29) is 6.10 Å². The third kappa shape index (κ3) is 3.03. The maximum atomic E-state index is 6.07. The number of likely N-dealkylation sites (N-methyl/N-ethyl adjacent to an activating group) is 1. The molecular formula is C10H21NO4Si. The molecule has 94 valence electrons. The Kier molecular flexibility index (Phi) is 4.34. The number of nitrogens with zero attached hydrogens (tertiary/aromatic N) is 1. The highest BCUT2D eigenvalue weighted by molar-refractivity contribution is 6.60. The predicted molar refractivity (Wildman–Crippen MR) is 61.3 cm³/mol. The van der Waals surface area contributed by atoms with E-state index in [4.69, 9.17) is 18.0 Å². The minimum absolute atomic E-state index is 0.0808. The smallest absolute Gasteiger partial charge is 0.379 e. The van der Waals surface area contributed by atoms with Gasteiger partial charge in [0.05, 0.1) is 19.3 Å². The van der Waals surface area contributed by atoms with Crippen LogP contribution in [0.5, 0.6) is 0 Å². The topological polar surface area (TPSA) is 40.2 Å². The minimum atomic E-state index is -2.41. The molecule has 2 aliphatic rings. The van der Waals surface area contributed by atoms with Crippen LogP contribution < -0.4 is 0 Å². The van der Waals surface area contributed by atoms with Gasteiger partial charge in [-0.05, 0) is 13.5 Å². The standard InChI is InChI=1S/C10H21NO4Si/c1-11-4-6-14-16(12-2)7-3-5-13-9-10(8-11)15-16/h10H,3-9H2,1-2H3. The molecule has 0 aliphatic carbocycles. The Labute approximate surface area is 98.0 Å². The predicted octanol–water partition coefficient (Wildman–Crippen LogP) is 0.339. The summed E-state index contributed by atoms with van der Waals surface area (Å²) in [6.07, 6.45) is 1.04. The molecule has 0 amide bonds. The largest absolute Gasteiger partial charge is 0.501 e. The molecule has 0 radical (unpaired) electrons. The average Bonchev–Trinajstić information content (AvgIpc) is 2.21. The molecule has 2 unspecified atom stereocenters. The van der Waals surface area contributed by atoms with Crippen LogP contribution in [-0.2, 0) is 18.0 Å². The van der Waals surface area contributed by atoms with Crippen LogP contribution in [-0.4, -0.2) is 66.9 Å². The Morgan fingerprint density at radius 2 is 2.25 bits per heavy atom. The summed E-state index contributed by atoms with van der Waals surface area (Å²) in [5, 5.41) is 0. The lowest BCUT2D eigenvalue weighted by Crippen LogP contribution is -2.55. The molecule has 2 rings (SSSR count). The molecule has 0 aromatic carbocycles. The molecule has 0 spiro atoms. The first-order valence-corrected chi connectivity index (χ1v) is 7.80. The molecule has 2 fully saturated rings. The van der Waals surface area contributed by atoms with E-state index in [1.54, 1.807) is 7.11 Å². The molecule has 2 heterocycles. The summed E-state index contributed by atoms with van der Waals surface area (Å²) >= 11 is 0. The third-order valence-corrected chi connectivity index (χ3v) is 5.97. The van der Waals surface area contributed by atoms with Crippen molar-refractivity contribution < 1.29 is 18.0 Å². The second kappa shape index (κ2) is 5.57. The van der Waals surface area contributed by atoms with E-state index >= 15 is 0 Å². The summed E-state index contributed by atoms with van der Waals surface area (Å²) in [5.74, 6) is 0. The Hall–Kier alpha value is 0.0169. The number of ether oxygens (including phenoxy) is 1. The van der Waals surface area contributed by atoms with Crippen LogP contribution in [0.4, 0.5) is 0 Å².